The molecule has 0 unspecified atom stereocenters. The van der Waals surface area contributed by atoms with Crippen LogP contribution in [0.25, 0.3) is 11.1 Å². The second kappa shape index (κ2) is 11.0. The molecule has 5 rings (SSSR count). The van der Waals surface area contributed by atoms with E-state index in [9.17, 15) is 14.7 Å². The van der Waals surface area contributed by atoms with Crippen LogP contribution in [0.1, 0.15) is 28.2 Å². The SMILES string of the molecule is O=C(O)CN(Cc1ccc(OCc2ccccc2)cc1)C(=O)OCC1c2ccccc2-c2ccccc21. The molecule has 0 atom stereocenters. The molecule has 6 nitrogen and oxygen atoms in total. The average molecular weight is 494 g/mol. The second-order valence-electron chi connectivity index (χ2n) is 8.97. The van der Waals surface area contributed by atoms with Crippen LogP contribution < -0.4 is 4.74 Å². The van der Waals surface area contributed by atoms with Crippen molar-refractivity contribution < 1.29 is 24.2 Å². The summed E-state index contributed by atoms with van der Waals surface area (Å²) in [5.74, 6) is -0.501. The van der Waals surface area contributed by atoms with Crippen molar-refractivity contribution in [3.63, 3.8) is 0 Å². The Bertz CT molecular complexity index is 1340. The third-order valence-corrected chi connectivity index (χ3v) is 6.47. The number of hydrogen-bond acceptors (Lipinski definition) is 4. The molecule has 0 fully saturated rings. The molecule has 0 aromatic heterocycles. The number of benzene rings is 4. The van der Waals surface area contributed by atoms with Crippen molar-refractivity contribution >= 4 is 12.1 Å². The maximum Gasteiger partial charge on any atom is 0.410 e. The van der Waals surface area contributed by atoms with Gasteiger partial charge in [0.1, 0.15) is 25.5 Å². The molecule has 0 saturated carbocycles. The molecule has 37 heavy (non-hydrogen) atoms. The molecule has 0 heterocycles. The third-order valence-electron chi connectivity index (χ3n) is 6.47. The third kappa shape index (κ3) is 5.64. The van der Waals surface area contributed by atoms with E-state index in [0.717, 1.165) is 33.4 Å². The Morgan fingerprint density at radius 2 is 1.32 bits per heavy atom. The zero-order valence-electron chi connectivity index (χ0n) is 20.2. The maximum atomic E-state index is 13.0. The van der Waals surface area contributed by atoms with Crippen LogP contribution in [0.5, 0.6) is 5.75 Å². The van der Waals surface area contributed by atoms with Crippen LogP contribution in [0, 0.1) is 0 Å². The molecule has 0 spiro atoms. The fourth-order valence-electron chi connectivity index (χ4n) is 4.69. The smallest absolute Gasteiger partial charge is 0.410 e. The largest absolute Gasteiger partial charge is 0.489 e. The maximum absolute atomic E-state index is 13.0. The van der Waals surface area contributed by atoms with Crippen molar-refractivity contribution in [1.82, 2.24) is 4.90 Å². The summed E-state index contributed by atoms with van der Waals surface area (Å²) in [5.41, 5.74) is 6.32. The lowest BCUT2D eigenvalue weighted by atomic mass is 9.98. The number of carbonyl (C=O) groups excluding carboxylic acids is 1. The second-order valence-corrected chi connectivity index (χ2v) is 8.97. The van der Waals surface area contributed by atoms with E-state index in [0.29, 0.717) is 12.4 Å². The predicted octanol–water partition coefficient (Wildman–Crippen LogP) is 6.10. The number of rotatable bonds is 9. The first kappa shape index (κ1) is 24.1. The Labute approximate surface area is 215 Å². The summed E-state index contributed by atoms with van der Waals surface area (Å²) in [6.07, 6.45) is -0.659. The minimum Gasteiger partial charge on any atom is -0.489 e. The monoisotopic (exact) mass is 493 g/mol. The number of ether oxygens (including phenoxy) is 2. The Balaban J connectivity index is 1.23. The molecule has 1 amide bonds. The van der Waals surface area contributed by atoms with Crippen molar-refractivity contribution in [2.75, 3.05) is 13.2 Å². The van der Waals surface area contributed by atoms with Crippen LogP contribution in [0.15, 0.2) is 103 Å². The fourth-order valence-corrected chi connectivity index (χ4v) is 4.69. The molecular weight excluding hydrogens is 466 g/mol. The van der Waals surface area contributed by atoms with Crippen LogP contribution in [0.2, 0.25) is 0 Å². The minimum atomic E-state index is -1.10. The summed E-state index contributed by atoms with van der Waals surface area (Å²) in [6.45, 7) is 0.241. The van der Waals surface area contributed by atoms with E-state index in [2.05, 4.69) is 12.1 Å². The van der Waals surface area contributed by atoms with Crippen LogP contribution in [-0.4, -0.2) is 35.2 Å². The van der Waals surface area contributed by atoms with E-state index in [-0.39, 0.29) is 19.1 Å². The summed E-state index contributed by atoms with van der Waals surface area (Å²) in [5, 5.41) is 9.40. The molecule has 0 radical (unpaired) electrons. The first-order valence-corrected chi connectivity index (χ1v) is 12.2. The van der Waals surface area contributed by atoms with Gasteiger partial charge in [-0.05, 0) is 45.5 Å². The normalized spacial score (nSPS) is 11.9. The summed E-state index contributed by atoms with van der Waals surface area (Å²) in [6, 6.07) is 33.3. The highest BCUT2D eigenvalue weighted by atomic mass is 16.6. The molecule has 0 aliphatic heterocycles. The lowest BCUT2D eigenvalue weighted by Gasteiger charge is -2.22. The number of aliphatic carboxylic acids is 1. The number of nitrogens with zero attached hydrogens (tertiary/aromatic N) is 1. The first-order chi connectivity index (χ1) is 18.1. The molecule has 1 aliphatic rings. The van der Waals surface area contributed by atoms with Crippen LogP contribution in [0.4, 0.5) is 4.79 Å². The number of carboxylic acids is 1. The molecule has 4 aromatic rings. The zero-order chi connectivity index (χ0) is 25.6. The van der Waals surface area contributed by atoms with Crippen molar-refractivity contribution in [1.29, 1.82) is 0 Å². The highest BCUT2D eigenvalue weighted by Gasteiger charge is 2.30. The molecule has 1 N–H and O–H groups in total. The molecule has 0 bridgehead atoms. The predicted molar refractivity (Wildman–Crippen MR) is 140 cm³/mol. The molecule has 0 saturated heterocycles. The molecular formula is C31H27NO5. The number of carbonyl (C=O) groups is 2. The van der Waals surface area contributed by atoms with Gasteiger partial charge in [0.25, 0.3) is 0 Å². The van der Waals surface area contributed by atoms with Crippen LogP contribution >= 0.6 is 0 Å². The van der Waals surface area contributed by atoms with Gasteiger partial charge in [0, 0.05) is 12.5 Å². The van der Waals surface area contributed by atoms with Crippen molar-refractivity contribution in [3.8, 4) is 16.9 Å². The van der Waals surface area contributed by atoms with E-state index in [4.69, 9.17) is 9.47 Å². The van der Waals surface area contributed by atoms with Gasteiger partial charge < -0.3 is 14.6 Å². The Morgan fingerprint density at radius 1 is 0.730 bits per heavy atom. The Morgan fingerprint density at radius 3 is 1.95 bits per heavy atom. The van der Waals surface area contributed by atoms with E-state index in [1.54, 1.807) is 0 Å². The summed E-state index contributed by atoms with van der Waals surface area (Å²) >= 11 is 0. The van der Waals surface area contributed by atoms with E-state index < -0.39 is 18.6 Å². The Kier molecular flexibility index (Phi) is 7.17. The van der Waals surface area contributed by atoms with E-state index in [1.807, 2.05) is 91.0 Å². The number of hydrogen-bond donors (Lipinski definition) is 1. The first-order valence-electron chi connectivity index (χ1n) is 12.2. The number of amides is 1. The topological polar surface area (TPSA) is 76.1 Å². The molecule has 186 valence electrons. The van der Waals surface area contributed by atoms with Gasteiger partial charge in [0.15, 0.2) is 0 Å². The highest BCUT2D eigenvalue weighted by Crippen LogP contribution is 2.44. The standard InChI is InChI=1S/C31H27NO5/c33-30(34)19-32(18-22-14-16-24(17-15-22)36-20-23-8-2-1-3-9-23)31(35)37-21-29-27-12-6-4-10-25(27)26-11-5-7-13-28(26)29/h1-17,29H,18-21H2,(H,33,34). The minimum absolute atomic E-state index is 0.0934. The van der Waals surface area contributed by atoms with E-state index in [1.165, 1.54) is 4.90 Å². The van der Waals surface area contributed by atoms with Gasteiger partial charge in [-0.1, -0.05) is 91.0 Å². The lowest BCUT2D eigenvalue weighted by molar-refractivity contribution is -0.138. The number of fused-ring (bicyclic) bond motifs is 3. The lowest BCUT2D eigenvalue weighted by Crippen LogP contribution is -2.36. The number of carboxylic acid groups (broad SMARTS) is 1. The van der Waals surface area contributed by atoms with Gasteiger partial charge in [0.2, 0.25) is 0 Å². The van der Waals surface area contributed by atoms with Gasteiger partial charge in [-0.2, -0.15) is 0 Å². The van der Waals surface area contributed by atoms with Gasteiger partial charge in [0.05, 0.1) is 0 Å². The van der Waals surface area contributed by atoms with Crippen molar-refractivity contribution in [2.24, 2.45) is 0 Å². The molecule has 1 aliphatic carbocycles. The van der Waals surface area contributed by atoms with Crippen LogP contribution in [-0.2, 0) is 22.7 Å². The zero-order valence-corrected chi connectivity index (χ0v) is 20.2. The molecule has 4 aromatic carbocycles. The highest BCUT2D eigenvalue weighted by molar-refractivity contribution is 5.79. The van der Waals surface area contributed by atoms with Gasteiger partial charge >= 0.3 is 12.1 Å². The molecule has 6 heteroatoms. The summed E-state index contributed by atoms with van der Waals surface area (Å²) in [4.78, 5) is 25.7. The van der Waals surface area contributed by atoms with Gasteiger partial charge in [-0.25, -0.2) is 4.79 Å². The quantitative estimate of drug-likeness (QED) is 0.305. The Hall–Kier alpha value is -4.58. The van der Waals surface area contributed by atoms with E-state index >= 15 is 0 Å². The van der Waals surface area contributed by atoms with Crippen molar-refractivity contribution in [2.45, 2.75) is 19.1 Å². The van der Waals surface area contributed by atoms with Gasteiger partial charge in [-0.3, -0.25) is 9.69 Å². The fraction of sp³-hybridized carbons (Fsp3) is 0.161. The average Bonchev–Trinajstić information content (AvgIpc) is 3.25. The van der Waals surface area contributed by atoms with Gasteiger partial charge in [-0.15, -0.1) is 0 Å². The summed E-state index contributed by atoms with van der Waals surface area (Å²) in [7, 11) is 0. The summed E-state index contributed by atoms with van der Waals surface area (Å²) < 4.78 is 11.5. The van der Waals surface area contributed by atoms with Crippen molar-refractivity contribution in [3.05, 3.63) is 125 Å². The van der Waals surface area contributed by atoms with Crippen LogP contribution in [0.3, 0.4) is 0 Å².